The highest BCUT2D eigenvalue weighted by molar-refractivity contribution is 7.90. The topological polar surface area (TPSA) is 105 Å². The van der Waals surface area contributed by atoms with Gasteiger partial charge in [0.15, 0.2) is 0 Å². The van der Waals surface area contributed by atoms with Gasteiger partial charge >= 0.3 is 0 Å². The number of anilines is 1. The third-order valence-corrected chi connectivity index (χ3v) is 10.9. The monoisotopic (exact) mass is 632 g/mol. The molecule has 4 atom stereocenters. The number of carbonyl (C=O) groups is 1. The third kappa shape index (κ3) is 7.14. The minimum Gasteiger partial charge on any atom is -0.324 e. The van der Waals surface area contributed by atoms with E-state index in [1.165, 1.54) is 30.3 Å². The fourth-order valence-electron chi connectivity index (χ4n) is 6.07. The van der Waals surface area contributed by atoms with Crippen molar-refractivity contribution in [3.63, 3.8) is 0 Å². The highest BCUT2D eigenvalue weighted by atomic mass is 32.2. The Bertz CT molecular complexity index is 1580. The lowest BCUT2D eigenvalue weighted by atomic mass is 9.84. The van der Waals surface area contributed by atoms with Crippen LogP contribution < -0.4 is 16.4 Å². The quantitative estimate of drug-likeness (QED) is 0.263. The van der Waals surface area contributed by atoms with Crippen molar-refractivity contribution in [3.05, 3.63) is 101 Å². The first kappa shape index (κ1) is 32.1. The van der Waals surface area contributed by atoms with Crippen molar-refractivity contribution in [2.75, 3.05) is 18.4 Å². The summed E-state index contributed by atoms with van der Waals surface area (Å²) in [5.74, 6) is -4.58. The summed E-state index contributed by atoms with van der Waals surface area (Å²) in [6, 6.07) is 10.3. The summed E-state index contributed by atoms with van der Waals surface area (Å²) < 4.78 is 85.0. The second-order valence-corrected chi connectivity index (χ2v) is 13.8. The molecule has 0 bridgehead atoms. The summed E-state index contributed by atoms with van der Waals surface area (Å²) in [5, 5.41) is 5.64. The number of benzene rings is 3. The van der Waals surface area contributed by atoms with Gasteiger partial charge in [-0.25, -0.2) is 26.0 Å². The first-order valence-electron chi connectivity index (χ1n) is 14.7. The van der Waals surface area contributed by atoms with Gasteiger partial charge in [-0.3, -0.25) is 4.79 Å². The van der Waals surface area contributed by atoms with Crippen LogP contribution >= 0.6 is 0 Å². The van der Waals surface area contributed by atoms with Gasteiger partial charge in [-0.2, -0.15) is 4.31 Å². The van der Waals surface area contributed by atoms with Crippen LogP contribution in [0.4, 0.5) is 23.2 Å². The lowest BCUT2D eigenvalue weighted by Crippen LogP contribution is -2.58. The van der Waals surface area contributed by atoms with E-state index in [4.69, 9.17) is 5.73 Å². The van der Waals surface area contributed by atoms with Crippen LogP contribution in [0.25, 0.3) is 0 Å². The molecule has 0 radical (unpaired) electrons. The van der Waals surface area contributed by atoms with Crippen molar-refractivity contribution in [1.82, 2.24) is 9.62 Å². The van der Waals surface area contributed by atoms with Crippen LogP contribution in [0.2, 0.25) is 0 Å². The molecule has 1 saturated heterocycles. The summed E-state index contributed by atoms with van der Waals surface area (Å²) in [4.78, 5) is 13.5. The number of hydrogen-bond acceptors (Lipinski definition) is 5. The van der Waals surface area contributed by atoms with Gasteiger partial charge < -0.3 is 16.4 Å². The average molecular weight is 633 g/mol. The largest absolute Gasteiger partial charge is 0.324 e. The summed E-state index contributed by atoms with van der Waals surface area (Å²) in [6.45, 7) is 2.94. The molecule has 0 spiro atoms. The lowest BCUT2D eigenvalue weighted by molar-refractivity contribution is -0.117. The van der Waals surface area contributed by atoms with E-state index in [0.717, 1.165) is 24.3 Å². The number of halogens is 4. The summed E-state index contributed by atoms with van der Waals surface area (Å²) >= 11 is 0. The first-order chi connectivity index (χ1) is 21.0. The normalized spacial score (nSPS) is 20.7. The van der Waals surface area contributed by atoms with Crippen LogP contribution in [0.15, 0.2) is 60.7 Å². The first-order valence-corrected chi connectivity index (χ1v) is 16.2. The van der Waals surface area contributed by atoms with Gasteiger partial charge in [0, 0.05) is 48.4 Å². The van der Waals surface area contributed by atoms with Gasteiger partial charge in [-0.15, -0.1) is 0 Å². The zero-order valence-electron chi connectivity index (χ0n) is 24.3. The van der Waals surface area contributed by atoms with E-state index >= 15 is 4.39 Å². The van der Waals surface area contributed by atoms with Gasteiger partial charge in [0.1, 0.15) is 23.3 Å². The average Bonchev–Trinajstić information content (AvgIpc) is 3.82. The Hall–Kier alpha value is -3.32. The molecule has 12 heteroatoms. The molecule has 5 rings (SSSR count). The molecule has 44 heavy (non-hydrogen) atoms. The highest BCUT2D eigenvalue weighted by Gasteiger charge is 2.45. The van der Waals surface area contributed by atoms with Crippen LogP contribution in [-0.4, -0.2) is 55.1 Å². The van der Waals surface area contributed by atoms with Crippen molar-refractivity contribution in [3.8, 4) is 0 Å². The van der Waals surface area contributed by atoms with Crippen LogP contribution in [0.1, 0.15) is 55.2 Å². The number of nitrogens with two attached hydrogens (primary N) is 1. The highest BCUT2D eigenvalue weighted by Crippen LogP contribution is 2.35. The Morgan fingerprint density at radius 3 is 2.32 bits per heavy atom. The smallest absolute Gasteiger partial charge is 0.242 e. The van der Waals surface area contributed by atoms with Crippen molar-refractivity contribution in [2.24, 2.45) is 5.73 Å². The van der Waals surface area contributed by atoms with E-state index in [-0.39, 0.29) is 40.6 Å². The van der Waals surface area contributed by atoms with Crippen molar-refractivity contribution in [1.29, 1.82) is 0 Å². The zero-order chi connectivity index (χ0) is 31.6. The number of amides is 1. The Labute approximate surface area is 254 Å². The van der Waals surface area contributed by atoms with Crippen LogP contribution in [0.5, 0.6) is 0 Å². The minimum atomic E-state index is -3.41. The van der Waals surface area contributed by atoms with Crippen molar-refractivity contribution >= 4 is 21.6 Å². The molecular weight excluding hydrogens is 596 g/mol. The van der Waals surface area contributed by atoms with Crippen LogP contribution in [0.3, 0.4) is 0 Å². The fourth-order valence-corrected chi connectivity index (χ4v) is 8.32. The minimum absolute atomic E-state index is 0.0808. The zero-order valence-corrected chi connectivity index (χ0v) is 25.1. The van der Waals surface area contributed by atoms with Crippen LogP contribution in [0, 0.1) is 23.3 Å². The maximum Gasteiger partial charge on any atom is 0.242 e. The van der Waals surface area contributed by atoms with E-state index in [0.29, 0.717) is 50.4 Å². The van der Waals surface area contributed by atoms with E-state index in [9.17, 15) is 26.4 Å². The van der Waals surface area contributed by atoms with E-state index < -0.39 is 51.2 Å². The molecular formula is C32H36F4N4O3S. The molecule has 1 aliphatic carbocycles. The molecule has 0 unspecified atom stereocenters. The molecule has 3 aromatic rings. The van der Waals surface area contributed by atoms with E-state index in [2.05, 4.69) is 10.6 Å². The second-order valence-electron chi connectivity index (χ2n) is 11.6. The number of piperazine rings is 1. The predicted octanol–water partition coefficient (Wildman–Crippen LogP) is 4.82. The maximum absolute atomic E-state index is 15.1. The molecule has 3 aromatic carbocycles. The number of hydrogen-bond donors (Lipinski definition) is 3. The number of carbonyl (C=O) groups excluding carboxylic acids is 1. The molecule has 2 aliphatic rings. The molecule has 1 amide bonds. The van der Waals surface area contributed by atoms with Crippen molar-refractivity contribution < 1.29 is 30.8 Å². The van der Waals surface area contributed by atoms with E-state index in [1.807, 2.05) is 6.92 Å². The Balaban J connectivity index is 1.33. The van der Waals surface area contributed by atoms with Gasteiger partial charge in [0.2, 0.25) is 15.9 Å². The van der Waals surface area contributed by atoms with Gasteiger partial charge in [-0.1, -0.05) is 18.2 Å². The molecule has 1 saturated carbocycles. The van der Waals surface area contributed by atoms with Crippen molar-refractivity contribution in [2.45, 2.75) is 68.3 Å². The SMILES string of the molecule is C[C@H]1CNC[C@H](CCCc2c(F)cccc2NC(=O)[C@@H](N)[C@@H](c2ccc(F)cc2)c2cc(F)cc(F)c2)N1S(=O)(=O)C1CC1. The van der Waals surface area contributed by atoms with Gasteiger partial charge in [0.25, 0.3) is 0 Å². The van der Waals surface area contributed by atoms with Gasteiger partial charge in [-0.05, 0) is 86.6 Å². The van der Waals surface area contributed by atoms with Gasteiger partial charge in [0.05, 0.1) is 11.3 Å². The Kier molecular flexibility index (Phi) is 9.74. The Morgan fingerprint density at radius 2 is 1.66 bits per heavy atom. The fraction of sp³-hybridized carbons (Fsp3) is 0.406. The summed E-state index contributed by atoms with van der Waals surface area (Å²) in [7, 11) is -3.41. The number of nitrogens with zero attached hydrogens (tertiary/aromatic N) is 1. The second kappa shape index (κ2) is 13.4. The molecule has 0 aromatic heterocycles. The maximum atomic E-state index is 15.1. The summed E-state index contributed by atoms with van der Waals surface area (Å²) in [6.07, 6.45) is 2.50. The molecule has 1 aliphatic heterocycles. The van der Waals surface area contributed by atoms with Crippen LogP contribution in [-0.2, 0) is 21.2 Å². The molecule has 7 nitrogen and oxygen atoms in total. The summed E-state index contributed by atoms with van der Waals surface area (Å²) in [5.41, 5.74) is 7.24. The molecule has 236 valence electrons. The molecule has 2 fully saturated rings. The number of sulfonamides is 1. The molecule has 1 heterocycles. The lowest BCUT2D eigenvalue weighted by Gasteiger charge is -2.40. The predicted molar refractivity (Wildman–Crippen MR) is 160 cm³/mol. The molecule has 4 N–H and O–H groups in total. The number of rotatable bonds is 11. The third-order valence-electron chi connectivity index (χ3n) is 8.33. The van der Waals surface area contributed by atoms with E-state index in [1.54, 1.807) is 4.31 Å². The Morgan fingerprint density at radius 1 is 0.977 bits per heavy atom. The number of nitrogens with one attached hydrogen (secondary N) is 2. The standard InChI is InChI=1S/C32H36F4N4O3S/c1-19-17-38-18-25(40(19)44(42,43)26-12-13-26)4-2-5-27-28(36)6-3-7-29(27)39-32(41)31(37)30(20-8-10-22(33)11-9-20)21-14-23(34)16-24(35)15-21/h3,6-11,14-16,19,25-26,30-31,38H,2,4-5,12-13,17-18,37H2,1H3,(H,39,41)/t19-,25-,30-,31-/m0/s1.